The Morgan fingerprint density at radius 1 is 1.57 bits per heavy atom. The minimum atomic E-state index is -2.43. The summed E-state index contributed by atoms with van der Waals surface area (Å²) >= 11 is 0. The third-order valence-electron chi connectivity index (χ3n) is 1.42. The van der Waals surface area contributed by atoms with Gasteiger partial charge in [-0.15, -0.1) is 0 Å². The smallest absolute Gasteiger partial charge is 0.207 e. The third kappa shape index (κ3) is 0.621. The van der Waals surface area contributed by atoms with Crippen molar-refractivity contribution in [1.29, 1.82) is 0 Å². The maximum Gasteiger partial charge on any atom is 0.250 e. The molecule has 1 radical (unpaired) electrons. The average Bonchev–Trinajstić information content (AvgIpc) is 1.63. The van der Waals surface area contributed by atoms with E-state index in [1.54, 1.807) is 0 Å². The standard InChI is InChI=1S/C5H7F2/c1-4-2-3-5(4,6)7/h4H,1-3H2. The van der Waals surface area contributed by atoms with E-state index in [1.165, 1.54) is 0 Å². The molecular weight excluding hydrogens is 98.1 g/mol. The van der Waals surface area contributed by atoms with Crippen LogP contribution in [-0.2, 0) is 0 Å². The highest BCUT2D eigenvalue weighted by Crippen LogP contribution is 2.42. The van der Waals surface area contributed by atoms with Gasteiger partial charge in [0.15, 0.2) is 0 Å². The van der Waals surface area contributed by atoms with Gasteiger partial charge in [-0.3, -0.25) is 0 Å². The Kier molecular flexibility index (Phi) is 0.839. The average molecular weight is 105 g/mol. The Bertz CT molecular complexity index is 78.1. The van der Waals surface area contributed by atoms with Crippen molar-refractivity contribution >= 4 is 0 Å². The van der Waals surface area contributed by atoms with Crippen molar-refractivity contribution in [3.63, 3.8) is 0 Å². The summed E-state index contributed by atoms with van der Waals surface area (Å²) in [6.45, 7) is 3.25. The molecule has 0 aromatic rings. The molecule has 0 amide bonds. The molecule has 0 N–H and O–H groups in total. The fourth-order valence-corrected chi connectivity index (χ4v) is 0.567. The summed E-state index contributed by atoms with van der Waals surface area (Å²) < 4.78 is 23.7. The Balaban J connectivity index is 2.43. The molecule has 0 nitrogen and oxygen atoms in total. The maximum absolute atomic E-state index is 11.9. The van der Waals surface area contributed by atoms with E-state index >= 15 is 0 Å². The summed E-state index contributed by atoms with van der Waals surface area (Å²) in [4.78, 5) is 0. The van der Waals surface area contributed by atoms with Crippen molar-refractivity contribution in [2.24, 2.45) is 5.92 Å². The van der Waals surface area contributed by atoms with Crippen LogP contribution in [0.5, 0.6) is 0 Å². The van der Waals surface area contributed by atoms with E-state index in [-0.39, 0.29) is 6.42 Å². The molecule has 0 spiro atoms. The molecule has 1 unspecified atom stereocenters. The summed E-state index contributed by atoms with van der Waals surface area (Å²) in [7, 11) is 0. The maximum atomic E-state index is 11.9. The molecule has 1 rings (SSSR count). The van der Waals surface area contributed by atoms with Gasteiger partial charge >= 0.3 is 0 Å². The lowest BCUT2D eigenvalue weighted by atomic mass is 9.83. The van der Waals surface area contributed by atoms with Gasteiger partial charge in [-0.25, -0.2) is 8.78 Å². The van der Waals surface area contributed by atoms with Crippen molar-refractivity contribution in [2.45, 2.75) is 18.8 Å². The minimum Gasteiger partial charge on any atom is -0.207 e. The molecule has 0 aromatic carbocycles. The highest BCUT2D eigenvalue weighted by molar-refractivity contribution is 4.88. The first-order valence-electron chi connectivity index (χ1n) is 2.34. The molecular formula is C5H7F2. The fourth-order valence-electron chi connectivity index (χ4n) is 0.567. The van der Waals surface area contributed by atoms with E-state index in [2.05, 4.69) is 6.92 Å². The van der Waals surface area contributed by atoms with Gasteiger partial charge in [0, 0.05) is 12.3 Å². The van der Waals surface area contributed by atoms with E-state index in [0.717, 1.165) is 0 Å². The molecule has 1 aliphatic carbocycles. The van der Waals surface area contributed by atoms with Crippen LogP contribution in [0.15, 0.2) is 0 Å². The van der Waals surface area contributed by atoms with Crippen LogP contribution in [0.3, 0.4) is 0 Å². The molecule has 0 saturated heterocycles. The number of hydrogen-bond acceptors (Lipinski definition) is 0. The minimum absolute atomic E-state index is 0.0428. The molecule has 1 atom stereocenters. The Labute approximate surface area is 41.5 Å². The van der Waals surface area contributed by atoms with Crippen molar-refractivity contribution in [3.05, 3.63) is 6.92 Å². The van der Waals surface area contributed by atoms with E-state index in [9.17, 15) is 8.78 Å². The Morgan fingerprint density at radius 3 is 2.00 bits per heavy atom. The van der Waals surface area contributed by atoms with Gasteiger partial charge in [0.1, 0.15) is 0 Å². The quantitative estimate of drug-likeness (QED) is 0.441. The molecule has 1 aliphatic rings. The van der Waals surface area contributed by atoms with Crippen LogP contribution in [0.1, 0.15) is 12.8 Å². The van der Waals surface area contributed by atoms with Crippen LogP contribution in [0.4, 0.5) is 8.78 Å². The highest BCUT2D eigenvalue weighted by atomic mass is 19.3. The second kappa shape index (κ2) is 1.17. The van der Waals surface area contributed by atoms with Crippen LogP contribution in [0.2, 0.25) is 0 Å². The monoisotopic (exact) mass is 105 g/mol. The molecule has 41 valence electrons. The van der Waals surface area contributed by atoms with E-state index in [0.29, 0.717) is 6.42 Å². The van der Waals surface area contributed by atoms with Gasteiger partial charge in [0.25, 0.3) is 5.92 Å². The van der Waals surface area contributed by atoms with Crippen LogP contribution in [0.25, 0.3) is 0 Å². The zero-order chi connectivity index (χ0) is 5.49. The van der Waals surface area contributed by atoms with Gasteiger partial charge in [-0.05, 0) is 13.3 Å². The molecule has 0 bridgehead atoms. The first-order chi connectivity index (χ1) is 3.13. The van der Waals surface area contributed by atoms with Gasteiger partial charge in [-0.2, -0.15) is 0 Å². The fraction of sp³-hybridized carbons (Fsp3) is 0.800. The SMILES string of the molecule is [CH2]C1CCC1(F)F. The van der Waals surface area contributed by atoms with Crippen molar-refractivity contribution in [1.82, 2.24) is 0 Å². The second-order valence-corrected chi connectivity index (χ2v) is 2.00. The largest absolute Gasteiger partial charge is 0.250 e. The van der Waals surface area contributed by atoms with Crippen LogP contribution in [-0.4, -0.2) is 5.92 Å². The number of alkyl halides is 2. The van der Waals surface area contributed by atoms with Gasteiger partial charge in [0.05, 0.1) is 0 Å². The predicted octanol–water partition coefficient (Wildman–Crippen LogP) is 1.87. The zero-order valence-corrected chi connectivity index (χ0v) is 3.95. The Hall–Kier alpha value is -0.140. The molecule has 2 heteroatoms. The highest BCUT2D eigenvalue weighted by Gasteiger charge is 2.44. The second-order valence-electron chi connectivity index (χ2n) is 2.00. The summed E-state index contributed by atoms with van der Waals surface area (Å²) in [5.74, 6) is -3.03. The summed E-state index contributed by atoms with van der Waals surface area (Å²) in [6, 6.07) is 0. The van der Waals surface area contributed by atoms with E-state index in [1.807, 2.05) is 0 Å². The van der Waals surface area contributed by atoms with E-state index in [4.69, 9.17) is 0 Å². The zero-order valence-electron chi connectivity index (χ0n) is 3.95. The summed E-state index contributed by atoms with van der Waals surface area (Å²) in [5.41, 5.74) is 0. The van der Waals surface area contributed by atoms with Gasteiger partial charge in [0.2, 0.25) is 0 Å². The molecule has 1 fully saturated rings. The molecule has 0 aliphatic heterocycles. The first-order valence-corrected chi connectivity index (χ1v) is 2.34. The topological polar surface area (TPSA) is 0 Å². The predicted molar refractivity (Wildman–Crippen MR) is 23.0 cm³/mol. The van der Waals surface area contributed by atoms with Crippen LogP contribution < -0.4 is 0 Å². The summed E-state index contributed by atoms with van der Waals surface area (Å²) in [5, 5.41) is 0. The van der Waals surface area contributed by atoms with Gasteiger partial charge < -0.3 is 0 Å². The first kappa shape index (κ1) is 5.01. The van der Waals surface area contributed by atoms with Crippen LogP contribution >= 0.6 is 0 Å². The summed E-state index contributed by atoms with van der Waals surface area (Å²) in [6.07, 6.45) is 0.633. The third-order valence-corrected chi connectivity index (χ3v) is 1.42. The van der Waals surface area contributed by atoms with Crippen molar-refractivity contribution in [3.8, 4) is 0 Å². The van der Waals surface area contributed by atoms with Crippen LogP contribution in [0, 0.1) is 12.8 Å². The number of halogens is 2. The lowest BCUT2D eigenvalue weighted by molar-refractivity contribution is -0.113. The molecule has 0 heterocycles. The lowest BCUT2D eigenvalue weighted by Gasteiger charge is -2.32. The Morgan fingerprint density at radius 2 is 2.00 bits per heavy atom. The lowest BCUT2D eigenvalue weighted by Crippen LogP contribution is -2.36. The normalized spacial score (nSPS) is 37.3. The van der Waals surface area contributed by atoms with Crippen molar-refractivity contribution < 1.29 is 8.78 Å². The molecule has 0 aromatic heterocycles. The number of rotatable bonds is 0. The van der Waals surface area contributed by atoms with Gasteiger partial charge in [-0.1, -0.05) is 0 Å². The van der Waals surface area contributed by atoms with E-state index < -0.39 is 11.8 Å². The van der Waals surface area contributed by atoms with Crippen molar-refractivity contribution in [2.75, 3.05) is 0 Å². The molecule has 7 heavy (non-hydrogen) atoms. The number of hydrogen-bond donors (Lipinski definition) is 0. The molecule has 1 saturated carbocycles.